The van der Waals surface area contributed by atoms with E-state index in [0.29, 0.717) is 5.92 Å². The summed E-state index contributed by atoms with van der Waals surface area (Å²) in [7, 11) is 0. The average Bonchev–Trinajstić information content (AvgIpc) is 2.36. The molecule has 3 atom stereocenters. The summed E-state index contributed by atoms with van der Waals surface area (Å²) in [4.78, 5) is 0. The Labute approximate surface area is 62.4 Å². The van der Waals surface area contributed by atoms with Crippen LogP contribution >= 0.6 is 0 Å². The van der Waals surface area contributed by atoms with E-state index in [1.165, 1.54) is 32.1 Å². The first-order valence-electron chi connectivity index (χ1n) is 4.56. The molecule has 0 unspecified atom stereocenters. The van der Waals surface area contributed by atoms with Crippen molar-refractivity contribution in [2.24, 2.45) is 11.8 Å². The molecule has 2 fully saturated rings. The van der Waals surface area contributed by atoms with Gasteiger partial charge in [0.15, 0.2) is 0 Å². The summed E-state index contributed by atoms with van der Waals surface area (Å²) in [6.07, 6.45) is 7.84. The Morgan fingerprint density at radius 3 is 2.30 bits per heavy atom. The predicted octanol–water partition coefficient (Wildman–Crippen LogP) is 1.95. The zero-order valence-electron chi connectivity index (χ0n) is 6.42. The van der Waals surface area contributed by atoms with Crippen molar-refractivity contribution in [3.63, 3.8) is 0 Å². The maximum atomic E-state index is 9.58. The Kier molecular flexibility index (Phi) is 1.69. The first-order chi connectivity index (χ1) is 4.88. The molecule has 0 aromatic heterocycles. The van der Waals surface area contributed by atoms with Crippen molar-refractivity contribution in [1.29, 1.82) is 0 Å². The molecule has 0 aromatic rings. The number of aliphatic hydroxyl groups excluding tert-OH is 1. The molecule has 0 saturated heterocycles. The van der Waals surface area contributed by atoms with Crippen LogP contribution in [0.3, 0.4) is 0 Å². The van der Waals surface area contributed by atoms with Gasteiger partial charge in [-0.15, -0.1) is 0 Å². The summed E-state index contributed by atoms with van der Waals surface area (Å²) in [6.45, 7) is 0. The van der Waals surface area contributed by atoms with Crippen molar-refractivity contribution in [3.8, 4) is 0 Å². The Morgan fingerprint density at radius 1 is 0.900 bits per heavy atom. The number of hydrogen-bond acceptors (Lipinski definition) is 1. The van der Waals surface area contributed by atoms with Gasteiger partial charge in [0.05, 0.1) is 6.10 Å². The molecule has 0 aromatic carbocycles. The van der Waals surface area contributed by atoms with E-state index in [-0.39, 0.29) is 6.10 Å². The zero-order valence-corrected chi connectivity index (χ0v) is 6.42. The van der Waals surface area contributed by atoms with E-state index in [1.807, 2.05) is 0 Å². The van der Waals surface area contributed by atoms with Crippen LogP contribution in [0.2, 0.25) is 0 Å². The van der Waals surface area contributed by atoms with E-state index < -0.39 is 0 Å². The topological polar surface area (TPSA) is 20.2 Å². The lowest BCUT2D eigenvalue weighted by atomic mass is 9.80. The van der Waals surface area contributed by atoms with Crippen LogP contribution in [0.25, 0.3) is 0 Å². The van der Waals surface area contributed by atoms with Gasteiger partial charge in [0.1, 0.15) is 0 Å². The molecule has 2 saturated carbocycles. The van der Waals surface area contributed by atoms with E-state index in [4.69, 9.17) is 0 Å². The smallest absolute Gasteiger partial charge is 0.0571 e. The van der Waals surface area contributed by atoms with Crippen molar-refractivity contribution in [3.05, 3.63) is 0 Å². The summed E-state index contributed by atoms with van der Waals surface area (Å²) in [5.74, 6) is 1.58. The fourth-order valence-electron chi connectivity index (χ4n) is 2.73. The van der Waals surface area contributed by atoms with Gasteiger partial charge in [-0.2, -0.15) is 0 Å². The summed E-state index contributed by atoms with van der Waals surface area (Å²) >= 11 is 0. The van der Waals surface area contributed by atoms with Crippen LogP contribution in [0, 0.1) is 11.8 Å². The third-order valence-electron chi connectivity index (χ3n) is 3.29. The van der Waals surface area contributed by atoms with Crippen LogP contribution < -0.4 is 0 Å². The SMILES string of the molecule is O[C@H]1CCC[C@@H]2CCC[C@@H]21. The van der Waals surface area contributed by atoms with Crippen molar-refractivity contribution in [2.75, 3.05) is 0 Å². The molecule has 10 heavy (non-hydrogen) atoms. The number of fused-ring (bicyclic) bond motifs is 1. The highest BCUT2D eigenvalue weighted by molar-refractivity contribution is 4.86. The minimum Gasteiger partial charge on any atom is -0.393 e. The largest absolute Gasteiger partial charge is 0.393 e. The number of hydrogen-bond donors (Lipinski definition) is 1. The van der Waals surface area contributed by atoms with E-state index in [9.17, 15) is 5.11 Å². The Balaban J connectivity index is 2.03. The van der Waals surface area contributed by atoms with Crippen molar-refractivity contribution < 1.29 is 5.11 Å². The van der Waals surface area contributed by atoms with Crippen LogP contribution in [0.1, 0.15) is 38.5 Å². The molecule has 0 amide bonds. The normalized spacial score (nSPS) is 47.1. The van der Waals surface area contributed by atoms with Crippen molar-refractivity contribution >= 4 is 0 Å². The van der Waals surface area contributed by atoms with Crippen LogP contribution in [0.5, 0.6) is 0 Å². The van der Waals surface area contributed by atoms with E-state index in [0.717, 1.165) is 12.3 Å². The van der Waals surface area contributed by atoms with Gasteiger partial charge >= 0.3 is 0 Å². The summed E-state index contributed by atoms with van der Waals surface area (Å²) in [6, 6.07) is 0. The molecule has 2 aliphatic carbocycles. The second-order valence-corrected chi connectivity index (χ2v) is 3.85. The van der Waals surface area contributed by atoms with Crippen molar-refractivity contribution in [1.82, 2.24) is 0 Å². The molecule has 58 valence electrons. The van der Waals surface area contributed by atoms with Gasteiger partial charge in [0.25, 0.3) is 0 Å². The third kappa shape index (κ3) is 0.968. The predicted molar refractivity (Wildman–Crippen MR) is 40.7 cm³/mol. The van der Waals surface area contributed by atoms with Gasteiger partial charge in [-0.25, -0.2) is 0 Å². The lowest BCUT2D eigenvalue weighted by Crippen LogP contribution is -2.28. The monoisotopic (exact) mass is 140 g/mol. The van der Waals surface area contributed by atoms with Crippen LogP contribution in [-0.2, 0) is 0 Å². The van der Waals surface area contributed by atoms with Crippen molar-refractivity contribution in [2.45, 2.75) is 44.6 Å². The molecule has 0 aliphatic heterocycles. The van der Waals surface area contributed by atoms with Gasteiger partial charge in [-0.05, 0) is 31.1 Å². The second-order valence-electron chi connectivity index (χ2n) is 3.85. The van der Waals surface area contributed by atoms with Gasteiger partial charge < -0.3 is 5.11 Å². The molecule has 1 N–H and O–H groups in total. The molecule has 0 bridgehead atoms. The van der Waals surface area contributed by atoms with Gasteiger partial charge in [0.2, 0.25) is 0 Å². The molecular weight excluding hydrogens is 124 g/mol. The molecule has 0 spiro atoms. The van der Waals surface area contributed by atoms with Crippen LogP contribution in [0.4, 0.5) is 0 Å². The highest BCUT2D eigenvalue weighted by Crippen LogP contribution is 2.41. The van der Waals surface area contributed by atoms with Gasteiger partial charge in [-0.3, -0.25) is 0 Å². The van der Waals surface area contributed by atoms with E-state index in [2.05, 4.69) is 0 Å². The van der Waals surface area contributed by atoms with E-state index in [1.54, 1.807) is 0 Å². The van der Waals surface area contributed by atoms with Crippen LogP contribution in [-0.4, -0.2) is 11.2 Å². The summed E-state index contributed by atoms with van der Waals surface area (Å²) in [5, 5.41) is 9.58. The fraction of sp³-hybridized carbons (Fsp3) is 1.00. The molecule has 1 nitrogen and oxygen atoms in total. The van der Waals surface area contributed by atoms with Crippen LogP contribution in [0.15, 0.2) is 0 Å². The Morgan fingerprint density at radius 2 is 1.60 bits per heavy atom. The first-order valence-corrected chi connectivity index (χ1v) is 4.56. The first kappa shape index (κ1) is 6.66. The maximum absolute atomic E-state index is 9.58. The average molecular weight is 140 g/mol. The number of rotatable bonds is 0. The minimum atomic E-state index is 0.0567. The Bertz CT molecular complexity index is 122. The van der Waals surface area contributed by atoms with E-state index >= 15 is 0 Å². The third-order valence-corrected chi connectivity index (χ3v) is 3.29. The van der Waals surface area contributed by atoms with Gasteiger partial charge in [-0.1, -0.05) is 19.3 Å². The fourth-order valence-corrected chi connectivity index (χ4v) is 2.73. The lowest BCUT2D eigenvalue weighted by molar-refractivity contribution is 0.0477. The minimum absolute atomic E-state index is 0.0567. The molecule has 0 radical (unpaired) electrons. The number of aliphatic hydroxyl groups is 1. The maximum Gasteiger partial charge on any atom is 0.0571 e. The molecular formula is C9H16O. The quantitative estimate of drug-likeness (QED) is 0.545. The summed E-state index contributed by atoms with van der Waals surface area (Å²) in [5.41, 5.74) is 0. The highest BCUT2D eigenvalue weighted by atomic mass is 16.3. The standard InChI is InChI=1S/C9H16O/c10-9-6-2-4-7-3-1-5-8(7)9/h7-10H,1-6H2/t7-,8-,9-/m0/s1. The highest BCUT2D eigenvalue weighted by Gasteiger charge is 2.35. The molecule has 1 heteroatoms. The second kappa shape index (κ2) is 2.54. The zero-order chi connectivity index (χ0) is 6.97. The van der Waals surface area contributed by atoms with Gasteiger partial charge in [0, 0.05) is 0 Å². The molecule has 0 heterocycles. The lowest BCUT2D eigenvalue weighted by Gasteiger charge is -2.29. The summed E-state index contributed by atoms with van der Waals surface area (Å²) < 4.78 is 0. The molecule has 2 rings (SSSR count). The Hall–Kier alpha value is -0.0400. The molecule has 2 aliphatic rings.